The van der Waals surface area contributed by atoms with E-state index in [1.54, 1.807) is 0 Å². The third-order valence-electron chi connectivity index (χ3n) is 2.89. The van der Waals surface area contributed by atoms with Gasteiger partial charge in [-0.15, -0.1) is 11.3 Å². The van der Waals surface area contributed by atoms with E-state index in [2.05, 4.69) is 37.2 Å². The molecule has 1 aromatic heterocycles. The maximum atomic E-state index is 12.3. The fourth-order valence-corrected chi connectivity index (χ4v) is 3.66. The zero-order valence-electron chi connectivity index (χ0n) is 10.3. The van der Waals surface area contributed by atoms with Gasteiger partial charge in [-0.25, -0.2) is 0 Å². The highest BCUT2D eigenvalue weighted by Crippen LogP contribution is 2.27. The number of amides is 1. The fourth-order valence-electron chi connectivity index (χ4n) is 1.75. The Bertz CT molecular complexity index is 570. The van der Waals surface area contributed by atoms with Crippen LogP contribution in [0.4, 0.5) is 0 Å². The maximum Gasteiger partial charge on any atom is 0.263 e. The van der Waals surface area contributed by atoms with Gasteiger partial charge >= 0.3 is 0 Å². The van der Waals surface area contributed by atoms with E-state index in [-0.39, 0.29) is 5.91 Å². The molecule has 1 atom stereocenters. The monoisotopic (exact) mass is 401 g/mol. The zero-order valence-corrected chi connectivity index (χ0v) is 14.3. The molecule has 100 valence electrons. The highest BCUT2D eigenvalue weighted by Gasteiger charge is 2.28. The highest BCUT2D eigenvalue weighted by atomic mass is 79.9. The molecule has 1 heterocycles. The summed E-state index contributed by atoms with van der Waals surface area (Å²) in [5, 5.41) is 5.64. The minimum atomic E-state index is -0.429. The topological polar surface area (TPSA) is 29.1 Å². The van der Waals surface area contributed by atoms with E-state index >= 15 is 0 Å². The average molecular weight is 403 g/mol. The van der Waals surface area contributed by atoms with Gasteiger partial charge in [0.15, 0.2) is 0 Å². The molecule has 0 aliphatic rings. The second kappa shape index (κ2) is 6.20. The van der Waals surface area contributed by atoms with Gasteiger partial charge in [0.05, 0.1) is 5.54 Å². The second-order valence-electron chi connectivity index (χ2n) is 4.38. The van der Waals surface area contributed by atoms with Crippen molar-refractivity contribution in [2.75, 3.05) is 5.33 Å². The number of halogens is 2. The van der Waals surface area contributed by atoms with Crippen molar-refractivity contribution in [2.24, 2.45) is 0 Å². The van der Waals surface area contributed by atoms with E-state index in [9.17, 15) is 4.79 Å². The standard InChI is InChI=1S/C14H13Br2NOS/c1-14(9-15,10-5-3-2-4-6-10)17-13(18)12-11(16)7-8-19-12/h2-8H,9H2,1H3,(H,17,18). The molecule has 2 nitrogen and oxygen atoms in total. The Kier molecular flexibility index (Phi) is 4.81. The van der Waals surface area contributed by atoms with Crippen LogP contribution in [0.15, 0.2) is 46.3 Å². The van der Waals surface area contributed by atoms with Crippen molar-refractivity contribution in [2.45, 2.75) is 12.5 Å². The minimum Gasteiger partial charge on any atom is -0.341 e. The Hall–Kier alpha value is -0.650. The van der Waals surface area contributed by atoms with Crippen molar-refractivity contribution in [1.29, 1.82) is 0 Å². The minimum absolute atomic E-state index is 0.0623. The van der Waals surface area contributed by atoms with Crippen LogP contribution in [0.5, 0.6) is 0 Å². The Morgan fingerprint density at radius 2 is 2.00 bits per heavy atom. The summed E-state index contributed by atoms with van der Waals surface area (Å²) in [6.07, 6.45) is 0. The molecule has 0 saturated heterocycles. The first-order valence-electron chi connectivity index (χ1n) is 5.74. The van der Waals surface area contributed by atoms with Crippen LogP contribution in [-0.2, 0) is 5.54 Å². The van der Waals surface area contributed by atoms with Gasteiger partial charge in [-0.05, 0) is 39.9 Å². The van der Waals surface area contributed by atoms with Crippen LogP contribution in [0.3, 0.4) is 0 Å². The number of alkyl halides is 1. The largest absolute Gasteiger partial charge is 0.341 e. The van der Waals surface area contributed by atoms with Crippen molar-refractivity contribution < 1.29 is 4.79 Å². The molecule has 0 bridgehead atoms. The molecule has 2 aromatic rings. The second-order valence-corrected chi connectivity index (χ2v) is 6.71. The maximum absolute atomic E-state index is 12.3. The first-order chi connectivity index (χ1) is 9.07. The first-order valence-corrected chi connectivity index (χ1v) is 8.53. The molecular formula is C14H13Br2NOS. The predicted octanol–water partition coefficient (Wildman–Crippen LogP) is 4.55. The van der Waals surface area contributed by atoms with Gasteiger partial charge in [0.1, 0.15) is 4.88 Å². The smallest absolute Gasteiger partial charge is 0.263 e. The van der Waals surface area contributed by atoms with Gasteiger partial charge in [-0.3, -0.25) is 4.79 Å². The quantitative estimate of drug-likeness (QED) is 0.746. The highest BCUT2D eigenvalue weighted by molar-refractivity contribution is 9.10. The molecule has 0 aliphatic carbocycles. The third kappa shape index (κ3) is 3.27. The summed E-state index contributed by atoms with van der Waals surface area (Å²) in [5.41, 5.74) is 0.648. The molecule has 0 saturated carbocycles. The Labute approximate surface area is 133 Å². The van der Waals surface area contributed by atoms with Crippen LogP contribution in [0.25, 0.3) is 0 Å². The molecule has 0 aliphatic heterocycles. The lowest BCUT2D eigenvalue weighted by atomic mass is 9.94. The number of hydrogen-bond donors (Lipinski definition) is 1. The third-order valence-corrected chi connectivity index (χ3v) is 5.85. The van der Waals surface area contributed by atoms with E-state index in [0.717, 1.165) is 10.0 Å². The molecule has 0 fully saturated rings. The zero-order chi connectivity index (χ0) is 13.9. The lowest BCUT2D eigenvalue weighted by Gasteiger charge is -2.29. The van der Waals surface area contributed by atoms with Crippen LogP contribution in [0.1, 0.15) is 22.2 Å². The molecular weight excluding hydrogens is 390 g/mol. The van der Waals surface area contributed by atoms with Crippen LogP contribution in [0, 0.1) is 0 Å². The molecule has 2 rings (SSSR count). The summed E-state index contributed by atoms with van der Waals surface area (Å²) in [7, 11) is 0. The first kappa shape index (κ1) is 14.8. The summed E-state index contributed by atoms with van der Waals surface area (Å²) in [4.78, 5) is 13.0. The average Bonchev–Trinajstić information content (AvgIpc) is 2.86. The molecule has 19 heavy (non-hydrogen) atoms. The SMILES string of the molecule is CC(CBr)(NC(=O)c1sccc1Br)c1ccccc1. The van der Waals surface area contributed by atoms with Gasteiger partial charge in [-0.2, -0.15) is 0 Å². The number of rotatable bonds is 4. The van der Waals surface area contributed by atoms with Gasteiger partial charge < -0.3 is 5.32 Å². The van der Waals surface area contributed by atoms with Crippen molar-refractivity contribution in [1.82, 2.24) is 5.32 Å². The van der Waals surface area contributed by atoms with Crippen molar-refractivity contribution in [3.8, 4) is 0 Å². The normalized spacial score (nSPS) is 13.8. The van der Waals surface area contributed by atoms with Crippen LogP contribution in [0.2, 0.25) is 0 Å². The van der Waals surface area contributed by atoms with E-state index in [0.29, 0.717) is 10.2 Å². The fraction of sp³-hybridized carbons (Fsp3) is 0.214. The van der Waals surface area contributed by atoms with Gasteiger partial charge in [0, 0.05) is 9.80 Å². The Morgan fingerprint density at radius 3 is 2.53 bits per heavy atom. The van der Waals surface area contributed by atoms with E-state index < -0.39 is 5.54 Å². The Balaban J connectivity index is 2.25. The molecule has 1 N–H and O–H groups in total. The van der Waals surface area contributed by atoms with Gasteiger partial charge in [0.2, 0.25) is 0 Å². The summed E-state index contributed by atoms with van der Waals surface area (Å²) in [6, 6.07) is 11.8. The number of hydrogen-bond acceptors (Lipinski definition) is 2. The van der Waals surface area contributed by atoms with Crippen LogP contribution in [-0.4, -0.2) is 11.2 Å². The number of carbonyl (C=O) groups is 1. The van der Waals surface area contributed by atoms with Crippen LogP contribution < -0.4 is 5.32 Å². The molecule has 0 radical (unpaired) electrons. The number of carbonyl (C=O) groups excluding carboxylic acids is 1. The number of nitrogens with one attached hydrogen (secondary N) is 1. The van der Waals surface area contributed by atoms with Crippen molar-refractivity contribution >= 4 is 49.1 Å². The Morgan fingerprint density at radius 1 is 1.32 bits per heavy atom. The lowest BCUT2D eigenvalue weighted by molar-refractivity contribution is 0.0917. The number of benzene rings is 1. The van der Waals surface area contributed by atoms with Gasteiger partial charge in [-0.1, -0.05) is 46.3 Å². The lowest BCUT2D eigenvalue weighted by Crippen LogP contribution is -2.44. The summed E-state index contributed by atoms with van der Waals surface area (Å²) < 4.78 is 0.833. The van der Waals surface area contributed by atoms with Gasteiger partial charge in [0.25, 0.3) is 5.91 Å². The molecule has 1 aromatic carbocycles. The molecule has 1 unspecified atom stereocenters. The van der Waals surface area contributed by atoms with E-state index in [4.69, 9.17) is 0 Å². The summed E-state index contributed by atoms with van der Waals surface area (Å²) >= 11 is 8.32. The summed E-state index contributed by atoms with van der Waals surface area (Å²) in [5.74, 6) is -0.0623. The van der Waals surface area contributed by atoms with E-state index in [1.165, 1.54) is 11.3 Å². The molecule has 5 heteroatoms. The van der Waals surface area contributed by atoms with E-state index in [1.807, 2.05) is 48.7 Å². The van der Waals surface area contributed by atoms with Crippen molar-refractivity contribution in [3.63, 3.8) is 0 Å². The predicted molar refractivity (Wildman–Crippen MR) is 87.1 cm³/mol. The van der Waals surface area contributed by atoms with Crippen LogP contribution >= 0.6 is 43.2 Å². The molecule has 0 spiro atoms. The molecule has 1 amide bonds. The number of thiophene rings is 1. The van der Waals surface area contributed by atoms with Crippen molar-refractivity contribution in [3.05, 3.63) is 56.7 Å². The summed E-state index contributed by atoms with van der Waals surface area (Å²) in [6.45, 7) is 2.01.